The average Bonchev–Trinajstić information content (AvgIpc) is 2.15. The van der Waals surface area contributed by atoms with E-state index in [-0.39, 0.29) is 11.3 Å². The molecule has 0 aliphatic heterocycles. The molecule has 0 atom stereocenters. The smallest absolute Gasteiger partial charge is 0.465 e. The molecular weight excluding hydrogens is 223 g/mol. The van der Waals surface area contributed by atoms with Gasteiger partial charge in [0.25, 0.3) is 0 Å². The Morgan fingerprint density at radius 2 is 1.80 bits per heavy atom. The van der Waals surface area contributed by atoms with E-state index in [4.69, 9.17) is 9.79 Å². The van der Waals surface area contributed by atoms with E-state index in [0.29, 0.717) is 0 Å². The fourth-order valence-corrected chi connectivity index (χ4v) is 1.30. The molecule has 0 radical (unpaired) electrons. The highest BCUT2D eigenvalue weighted by Gasteiger charge is 2.15. The number of phosphoric ester groups is 1. The predicted molar refractivity (Wildman–Crippen MR) is 50.5 cm³/mol. The van der Waals surface area contributed by atoms with Gasteiger partial charge in [-0.3, -0.25) is 9.79 Å². The first-order valence-corrected chi connectivity index (χ1v) is 5.39. The zero-order valence-corrected chi connectivity index (χ0v) is 8.68. The van der Waals surface area contributed by atoms with Crippen LogP contribution in [0.4, 0.5) is 0 Å². The van der Waals surface area contributed by atoms with E-state index in [9.17, 15) is 9.36 Å². The van der Waals surface area contributed by atoms with Gasteiger partial charge < -0.3 is 9.26 Å². The molecule has 0 amide bonds. The minimum atomic E-state index is -4.55. The van der Waals surface area contributed by atoms with Gasteiger partial charge in [0, 0.05) is 0 Å². The zero-order chi connectivity index (χ0) is 11.5. The molecule has 0 aliphatic rings. The van der Waals surface area contributed by atoms with Crippen LogP contribution in [-0.4, -0.2) is 22.9 Å². The number of carbonyl (C=O) groups is 1. The summed E-state index contributed by atoms with van der Waals surface area (Å²) in [6.07, 6.45) is 0. The van der Waals surface area contributed by atoms with Crippen molar-refractivity contribution in [3.05, 3.63) is 29.8 Å². The molecule has 15 heavy (non-hydrogen) atoms. The lowest BCUT2D eigenvalue weighted by atomic mass is 10.2. The van der Waals surface area contributed by atoms with Crippen LogP contribution < -0.4 is 4.52 Å². The maximum Gasteiger partial charge on any atom is 0.524 e. The van der Waals surface area contributed by atoms with Crippen LogP contribution in [0.2, 0.25) is 0 Å². The number of benzene rings is 1. The largest absolute Gasteiger partial charge is 0.524 e. The van der Waals surface area contributed by atoms with Gasteiger partial charge in [0.05, 0.1) is 12.7 Å². The number of carbonyl (C=O) groups excluding carboxylic acids is 1. The van der Waals surface area contributed by atoms with E-state index in [1.807, 2.05) is 0 Å². The van der Waals surface area contributed by atoms with Crippen LogP contribution in [0.5, 0.6) is 5.75 Å². The number of rotatable bonds is 3. The van der Waals surface area contributed by atoms with Crippen LogP contribution in [0.25, 0.3) is 0 Å². The molecule has 0 unspecified atom stereocenters. The lowest BCUT2D eigenvalue weighted by Gasteiger charge is -2.06. The fraction of sp³-hybridized carbons (Fsp3) is 0.125. The Hall–Kier alpha value is -1.36. The Balaban J connectivity index is 2.81. The monoisotopic (exact) mass is 232 g/mol. The second kappa shape index (κ2) is 4.44. The van der Waals surface area contributed by atoms with Crippen molar-refractivity contribution in [1.29, 1.82) is 0 Å². The molecular formula is C8H9O6P. The summed E-state index contributed by atoms with van der Waals surface area (Å²) in [6, 6.07) is 5.23. The molecule has 6 nitrogen and oxygen atoms in total. The van der Waals surface area contributed by atoms with Crippen LogP contribution in [-0.2, 0) is 9.30 Å². The summed E-state index contributed by atoms with van der Waals surface area (Å²) >= 11 is 0. The van der Waals surface area contributed by atoms with Crippen molar-refractivity contribution in [3.8, 4) is 5.75 Å². The first kappa shape index (κ1) is 11.7. The second-order valence-corrected chi connectivity index (χ2v) is 3.76. The van der Waals surface area contributed by atoms with Crippen molar-refractivity contribution < 1.29 is 28.4 Å². The van der Waals surface area contributed by atoms with E-state index in [0.717, 1.165) is 0 Å². The number of hydrogen-bond donors (Lipinski definition) is 2. The minimum Gasteiger partial charge on any atom is -0.465 e. The van der Waals surface area contributed by atoms with Crippen molar-refractivity contribution in [2.45, 2.75) is 0 Å². The molecule has 0 saturated heterocycles. The molecule has 82 valence electrons. The van der Waals surface area contributed by atoms with Crippen LogP contribution in [0, 0.1) is 0 Å². The van der Waals surface area contributed by atoms with Crippen molar-refractivity contribution in [2.24, 2.45) is 0 Å². The standard InChI is InChI=1S/C8H9O6P/c1-13-8(9)6-2-4-7(5-3-6)14-15(10,11)12/h2-5H,1H3,(H2,10,11,12). The second-order valence-electron chi connectivity index (χ2n) is 2.60. The topological polar surface area (TPSA) is 93.1 Å². The summed E-state index contributed by atoms with van der Waals surface area (Å²) in [5.41, 5.74) is 0.274. The highest BCUT2D eigenvalue weighted by molar-refractivity contribution is 7.46. The van der Waals surface area contributed by atoms with Crippen LogP contribution in [0.3, 0.4) is 0 Å². The molecule has 0 fully saturated rings. The van der Waals surface area contributed by atoms with Crippen molar-refractivity contribution in [1.82, 2.24) is 0 Å². The van der Waals surface area contributed by atoms with Gasteiger partial charge in [-0.1, -0.05) is 0 Å². The summed E-state index contributed by atoms with van der Waals surface area (Å²) in [5.74, 6) is -0.547. The summed E-state index contributed by atoms with van der Waals surface area (Å²) in [6.45, 7) is 0. The summed E-state index contributed by atoms with van der Waals surface area (Å²) < 4.78 is 19.2. The van der Waals surface area contributed by atoms with Gasteiger partial charge in [-0.2, -0.15) is 0 Å². The van der Waals surface area contributed by atoms with E-state index in [1.165, 1.54) is 31.4 Å². The van der Waals surface area contributed by atoms with Crippen molar-refractivity contribution in [3.63, 3.8) is 0 Å². The summed E-state index contributed by atoms with van der Waals surface area (Å²) in [7, 11) is -3.31. The molecule has 0 heterocycles. The number of ether oxygens (including phenoxy) is 1. The van der Waals surface area contributed by atoms with Gasteiger partial charge in [0.15, 0.2) is 0 Å². The molecule has 1 aromatic rings. The average molecular weight is 232 g/mol. The van der Waals surface area contributed by atoms with Gasteiger partial charge in [0.2, 0.25) is 0 Å². The van der Waals surface area contributed by atoms with E-state index in [2.05, 4.69) is 9.26 Å². The molecule has 1 rings (SSSR count). The van der Waals surface area contributed by atoms with Crippen molar-refractivity contribution in [2.75, 3.05) is 7.11 Å². The van der Waals surface area contributed by atoms with Crippen LogP contribution in [0.15, 0.2) is 24.3 Å². The summed E-state index contributed by atoms with van der Waals surface area (Å²) in [4.78, 5) is 28.0. The van der Waals surface area contributed by atoms with Gasteiger partial charge in [-0.25, -0.2) is 9.36 Å². The Morgan fingerprint density at radius 3 is 2.20 bits per heavy atom. The number of methoxy groups -OCH3 is 1. The Kier molecular flexibility index (Phi) is 3.47. The number of hydrogen-bond acceptors (Lipinski definition) is 4. The van der Waals surface area contributed by atoms with Crippen molar-refractivity contribution >= 4 is 13.8 Å². The maximum atomic E-state index is 11.0. The quantitative estimate of drug-likeness (QED) is 0.595. The van der Waals surface area contributed by atoms with E-state index < -0.39 is 13.8 Å². The van der Waals surface area contributed by atoms with Gasteiger partial charge in [0.1, 0.15) is 5.75 Å². The zero-order valence-electron chi connectivity index (χ0n) is 7.78. The first-order valence-electron chi connectivity index (χ1n) is 3.86. The van der Waals surface area contributed by atoms with Gasteiger partial charge in [-0.15, -0.1) is 0 Å². The third-order valence-corrected chi connectivity index (χ3v) is 1.95. The SMILES string of the molecule is COC(=O)c1ccc(OP(=O)(O)O)cc1. The Labute approximate surface area is 85.7 Å². The van der Waals surface area contributed by atoms with E-state index in [1.54, 1.807) is 0 Å². The lowest BCUT2D eigenvalue weighted by molar-refractivity contribution is 0.0600. The highest BCUT2D eigenvalue weighted by Crippen LogP contribution is 2.37. The molecule has 0 saturated carbocycles. The first-order chi connectivity index (χ1) is 6.92. The maximum absolute atomic E-state index is 11.0. The molecule has 2 N–H and O–H groups in total. The van der Waals surface area contributed by atoms with Crippen LogP contribution in [0.1, 0.15) is 10.4 Å². The lowest BCUT2D eigenvalue weighted by Crippen LogP contribution is -2.00. The third kappa shape index (κ3) is 3.71. The third-order valence-electron chi connectivity index (χ3n) is 1.50. The molecule has 0 aliphatic carbocycles. The van der Waals surface area contributed by atoms with Gasteiger partial charge >= 0.3 is 13.8 Å². The molecule has 0 spiro atoms. The molecule has 0 aromatic heterocycles. The molecule has 1 aromatic carbocycles. The highest BCUT2D eigenvalue weighted by atomic mass is 31.2. The van der Waals surface area contributed by atoms with E-state index >= 15 is 0 Å². The predicted octanol–water partition coefficient (Wildman–Crippen LogP) is 0.945. The molecule has 7 heteroatoms. The Bertz CT molecular complexity index is 392. The fourth-order valence-electron chi connectivity index (χ4n) is 0.907. The summed E-state index contributed by atoms with van der Waals surface area (Å²) in [5, 5.41) is 0. The number of esters is 1. The normalized spacial score (nSPS) is 10.9. The minimum absolute atomic E-state index is 0.0176. The number of phosphoric acid groups is 1. The Morgan fingerprint density at radius 1 is 1.27 bits per heavy atom. The van der Waals surface area contributed by atoms with Gasteiger partial charge in [-0.05, 0) is 24.3 Å². The van der Waals surface area contributed by atoms with Crippen LogP contribution >= 0.6 is 7.82 Å². The molecule has 0 bridgehead atoms.